The first kappa shape index (κ1) is 15.1. The van der Waals surface area contributed by atoms with Crippen molar-refractivity contribution in [2.75, 3.05) is 0 Å². The van der Waals surface area contributed by atoms with Gasteiger partial charge in [0, 0.05) is 4.47 Å². The fraction of sp³-hybridized carbons (Fsp3) is 0.200. The molecule has 2 aromatic carbocycles. The third-order valence-electron chi connectivity index (χ3n) is 3.26. The van der Waals surface area contributed by atoms with E-state index in [1.54, 1.807) is 6.92 Å². The number of benzene rings is 2. The zero-order valence-electron chi connectivity index (χ0n) is 10.7. The Morgan fingerprint density at radius 3 is 1.55 bits per heavy atom. The van der Waals surface area contributed by atoms with Gasteiger partial charge in [-0.2, -0.15) is 13.2 Å². The Bertz CT molecular complexity index is 586. The lowest BCUT2D eigenvalue weighted by Crippen LogP contribution is -2.34. The predicted molar refractivity (Wildman–Crippen MR) is 76.2 cm³/mol. The summed E-state index contributed by atoms with van der Waals surface area (Å²) in [5.74, 6) is 0. The average Bonchev–Trinajstić information content (AvgIpc) is 2.38. The SMILES string of the molecule is CC(N)(c1ccc(Br)cc1)c1ccc(C(F)(F)F)cc1. The first-order valence-corrected chi connectivity index (χ1v) is 6.73. The highest BCUT2D eigenvalue weighted by atomic mass is 79.9. The van der Waals surface area contributed by atoms with Crippen LogP contribution in [0.15, 0.2) is 53.0 Å². The lowest BCUT2D eigenvalue weighted by atomic mass is 9.85. The maximum atomic E-state index is 12.5. The van der Waals surface area contributed by atoms with Gasteiger partial charge in [0.2, 0.25) is 0 Å². The predicted octanol–water partition coefficient (Wildman–Crippen LogP) is 4.69. The molecule has 0 spiro atoms. The maximum Gasteiger partial charge on any atom is 0.416 e. The molecule has 5 heteroatoms. The van der Waals surface area contributed by atoms with Gasteiger partial charge in [0.05, 0.1) is 11.1 Å². The van der Waals surface area contributed by atoms with Gasteiger partial charge >= 0.3 is 6.18 Å². The molecule has 0 aromatic heterocycles. The van der Waals surface area contributed by atoms with Crippen LogP contribution in [0.1, 0.15) is 23.6 Å². The summed E-state index contributed by atoms with van der Waals surface area (Å²) in [5, 5.41) is 0. The standard InChI is InChI=1S/C15H13BrF3N/c1-14(20,11-6-8-13(16)9-7-11)10-2-4-12(5-3-10)15(17,18)19/h2-9H,20H2,1H3. The summed E-state index contributed by atoms with van der Waals surface area (Å²) >= 11 is 3.33. The Morgan fingerprint density at radius 1 is 0.800 bits per heavy atom. The Labute approximate surface area is 123 Å². The van der Waals surface area contributed by atoms with Crippen molar-refractivity contribution in [1.29, 1.82) is 0 Å². The fourth-order valence-electron chi connectivity index (χ4n) is 1.97. The smallest absolute Gasteiger partial charge is 0.318 e. The van der Waals surface area contributed by atoms with Crippen LogP contribution in [0.4, 0.5) is 13.2 Å². The van der Waals surface area contributed by atoms with E-state index in [9.17, 15) is 13.2 Å². The first-order chi connectivity index (χ1) is 9.21. The molecule has 0 bridgehead atoms. The van der Waals surface area contributed by atoms with E-state index in [4.69, 9.17) is 5.73 Å². The van der Waals surface area contributed by atoms with Crippen molar-refractivity contribution in [2.24, 2.45) is 5.73 Å². The van der Waals surface area contributed by atoms with Gasteiger partial charge in [0.15, 0.2) is 0 Å². The highest BCUT2D eigenvalue weighted by Gasteiger charge is 2.31. The molecule has 0 aliphatic rings. The van der Waals surface area contributed by atoms with Crippen molar-refractivity contribution in [3.63, 3.8) is 0 Å². The molecule has 0 fully saturated rings. The summed E-state index contributed by atoms with van der Waals surface area (Å²) in [7, 11) is 0. The zero-order valence-corrected chi connectivity index (χ0v) is 12.3. The number of alkyl halides is 3. The van der Waals surface area contributed by atoms with Crippen LogP contribution in [0, 0.1) is 0 Å². The Balaban J connectivity index is 2.37. The molecule has 0 aliphatic carbocycles. The number of hydrogen-bond donors (Lipinski definition) is 1. The number of rotatable bonds is 2. The summed E-state index contributed by atoms with van der Waals surface area (Å²) in [6, 6.07) is 12.4. The second-order valence-electron chi connectivity index (χ2n) is 4.78. The molecular formula is C15H13BrF3N. The van der Waals surface area contributed by atoms with E-state index < -0.39 is 17.3 Å². The summed E-state index contributed by atoms with van der Waals surface area (Å²) in [6.07, 6.45) is -4.33. The third kappa shape index (κ3) is 3.04. The summed E-state index contributed by atoms with van der Waals surface area (Å²) < 4.78 is 38.6. The minimum atomic E-state index is -4.33. The van der Waals surface area contributed by atoms with Gasteiger partial charge in [-0.3, -0.25) is 0 Å². The number of nitrogens with two attached hydrogens (primary N) is 1. The molecule has 106 valence electrons. The van der Waals surface area contributed by atoms with Crippen LogP contribution in [0.3, 0.4) is 0 Å². The van der Waals surface area contributed by atoms with E-state index in [2.05, 4.69) is 15.9 Å². The Hall–Kier alpha value is -1.33. The van der Waals surface area contributed by atoms with Crippen LogP contribution in [0.2, 0.25) is 0 Å². The van der Waals surface area contributed by atoms with Gasteiger partial charge in [-0.05, 0) is 42.3 Å². The van der Waals surface area contributed by atoms with Crippen LogP contribution in [-0.4, -0.2) is 0 Å². The molecule has 0 saturated carbocycles. The topological polar surface area (TPSA) is 26.0 Å². The lowest BCUT2D eigenvalue weighted by molar-refractivity contribution is -0.137. The van der Waals surface area contributed by atoms with Crippen LogP contribution >= 0.6 is 15.9 Å². The molecule has 0 amide bonds. The second kappa shape index (κ2) is 5.22. The van der Waals surface area contributed by atoms with Crippen LogP contribution in [-0.2, 0) is 11.7 Å². The maximum absolute atomic E-state index is 12.5. The van der Waals surface area contributed by atoms with E-state index in [1.165, 1.54) is 12.1 Å². The highest BCUT2D eigenvalue weighted by molar-refractivity contribution is 9.10. The van der Waals surface area contributed by atoms with Crippen molar-refractivity contribution >= 4 is 15.9 Å². The molecule has 2 rings (SSSR count). The quantitative estimate of drug-likeness (QED) is 0.840. The van der Waals surface area contributed by atoms with Crippen molar-refractivity contribution < 1.29 is 13.2 Å². The van der Waals surface area contributed by atoms with E-state index in [0.29, 0.717) is 5.56 Å². The lowest BCUT2D eigenvalue weighted by Gasteiger charge is -2.26. The largest absolute Gasteiger partial charge is 0.416 e. The third-order valence-corrected chi connectivity index (χ3v) is 3.78. The fourth-order valence-corrected chi connectivity index (χ4v) is 2.23. The molecule has 2 N–H and O–H groups in total. The molecule has 0 saturated heterocycles. The minimum Gasteiger partial charge on any atom is -0.318 e. The average molecular weight is 344 g/mol. The van der Waals surface area contributed by atoms with Gasteiger partial charge in [-0.1, -0.05) is 40.2 Å². The van der Waals surface area contributed by atoms with E-state index in [1.807, 2.05) is 24.3 Å². The van der Waals surface area contributed by atoms with Crippen molar-refractivity contribution in [2.45, 2.75) is 18.6 Å². The van der Waals surface area contributed by atoms with E-state index >= 15 is 0 Å². The van der Waals surface area contributed by atoms with Gasteiger partial charge in [0.25, 0.3) is 0 Å². The normalized spacial score (nSPS) is 14.9. The van der Waals surface area contributed by atoms with Gasteiger partial charge in [-0.25, -0.2) is 0 Å². The molecule has 1 unspecified atom stereocenters. The molecular weight excluding hydrogens is 331 g/mol. The second-order valence-corrected chi connectivity index (χ2v) is 5.70. The summed E-state index contributed by atoms with van der Waals surface area (Å²) in [6.45, 7) is 1.78. The Kier molecular flexibility index (Phi) is 3.93. The van der Waals surface area contributed by atoms with Crippen LogP contribution in [0.25, 0.3) is 0 Å². The molecule has 1 atom stereocenters. The summed E-state index contributed by atoms with van der Waals surface area (Å²) in [4.78, 5) is 0. The molecule has 20 heavy (non-hydrogen) atoms. The van der Waals surface area contributed by atoms with E-state index in [0.717, 1.165) is 22.2 Å². The monoisotopic (exact) mass is 343 g/mol. The van der Waals surface area contributed by atoms with Crippen LogP contribution in [0.5, 0.6) is 0 Å². The van der Waals surface area contributed by atoms with E-state index in [-0.39, 0.29) is 0 Å². The molecule has 0 radical (unpaired) electrons. The molecule has 0 heterocycles. The van der Waals surface area contributed by atoms with Crippen molar-refractivity contribution in [3.05, 3.63) is 69.7 Å². The molecule has 2 aromatic rings. The zero-order chi connectivity index (χ0) is 15.0. The van der Waals surface area contributed by atoms with Gasteiger partial charge < -0.3 is 5.73 Å². The van der Waals surface area contributed by atoms with Gasteiger partial charge in [0.1, 0.15) is 0 Å². The van der Waals surface area contributed by atoms with Gasteiger partial charge in [-0.15, -0.1) is 0 Å². The highest BCUT2D eigenvalue weighted by Crippen LogP contribution is 2.32. The minimum absolute atomic E-state index is 0.632. The number of hydrogen-bond acceptors (Lipinski definition) is 1. The molecule has 0 aliphatic heterocycles. The summed E-state index contributed by atoms with van der Waals surface area (Å²) in [5.41, 5.74) is 6.22. The number of halogens is 4. The van der Waals surface area contributed by atoms with Crippen LogP contribution < -0.4 is 5.73 Å². The molecule has 1 nitrogen and oxygen atoms in total. The first-order valence-electron chi connectivity index (χ1n) is 5.94. The van der Waals surface area contributed by atoms with Crippen molar-refractivity contribution in [1.82, 2.24) is 0 Å². The Morgan fingerprint density at radius 2 is 1.15 bits per heavy atom. The van der Waals surface area contributed by atoms with Crippen molar-refractivity contribution in [3.8, 4) is 0 Å².